The van der Waals surface area contributed by atoms with Crippen LogP contribution in [0.3, 0.4) is 0 Å². The molecule has 3 aromatic rings. The van der Waals surface area contributed by atoms with E-state index in [4.69, 9.17) is 4.74 Å². The third-order valence-corrected chi connectivity index (χ3v) is 6.23. The van der Waals surface area contributed by atoms with Gasteiger partial charge >= 0.3 is 0 Å². The van der Waals surface area contributed by atoms with Crippen LogP contribution in [0.1, 0.15) is 22.3 Å². The van der Waals surface area contributed by atoms with Crippen molar-refractivity contribution in [2.45, 2.75) is 20.5 Å². The summed E-state index contributed by atoms with van der Waals surface area (Å²) in [5.41, 5.74) is 4.30. The van der Waals surface area contributed by atoms with Gasteiger partial charge in [-0.05, 0) is 112 Å². The van der Waals surface area contributed by atoms with E-state index in [9.17, 15) is 14.4 Å². The first-order valence-corrected chi connectivity index (χ1v) is 11.8. The van der Waals surface area contributed by atoms with E-state index in [1.54, 1.807) is 18.2 Å². The van der Waals surface area contributed by atoms with Crippen LogP contribution in [-0.2, 0) is 11.4 Å². The van der Waals surface area contributed by atoms with Gasteiger partial charge in [0, 0.05) is 5.69 Å². The molecule has 7 heteroatoms. The quantitative estimate of drug-likeness (QED) is 0.182. The van der Waals surface area contributed by atoms with E-state index in [0.29, 0.717) is 18.0 Å². The summed E-state index contributed by atoms with van der Waals surface area (Å²) < 4.78 is 20.7. The minimum atomic E-state index is -0.457. The monoisotopic (exact) mass is 652 g/mol. The molecule has 0 bridgehead atoms. The highest BCUT2D eigenvalue weighted by atomic mass is 127. The molecule has 0 aromatic heterocycles. The zero-order chi connectivity index (χ0) is 23.3. The molecule has 3 rings (SSSR count). The molecule has 0 aliphatic rings. The van der Waals surface area contributed by atoms with Crippen LogP contribution in [0, 0.1) is 38.1 Å². The molecule has 0 unspecified atom stereocenters. The molecule has 1 amide bonds. The molecule has 0 saturated carbocycles. The van der Waals surface area contributed by atoms with Crippen LogP contribution in [-0.4, -0.2) is 5.91 Å². The predicted molar refractivity (Wildman–Crippen MR) is 141 cm³/mol. The number of aryl methyl sites for hydroxylation is 2. The van der Waals surface area contributed by atoms with Crippen molar-refractivity contribution in [2.24, 2.45) is 0 Å². The van der Waals surface area contributed by atoms with E-state index < -0.39 is 5.91 Å². The van der Waals surface area contributed by atoms with Crippen molar-refractivity contribution >= 4 is 62.9 Å². The Morgan fingerprint density at radius 2 is 1.75 bits per heavy atom. The Labute approximate surface area is 213 Å². The second kappa shape index (κ2) is 10.9. The van der Waals surface area contributed by atoms with E-state index in [1.165, 1.54) is 12.1 Å². The molecule has 3 aromatic carbocycles. The highest BCUT2D eigenvalue weighted by Crippen LogP contribution is 2.30. The number of anilines is 1. The number of rotatable bonds is 6. The number of carbonyl (C=O) groups is 1. The Morgan fingerprint density at radius 1 is 1.09 bits per heavy atom. The number of nitrogens with zero attached hydrogens (tertiary/aromatic N) is 1. The third-order valence-electron chi connectivity index (χ3n) is 4.62. The molecule has 0 aliphatic carbocycles. The summed E-state index contributed by atoms with van der Waals surface area (Å²) in [5, 5.41) is 12.3. The summed E-state index contributed by atoms with van der Waals surface area (Å²) in [6.07, 6.45) is 1.56. The number of amides is 1. The number of hydrogen-bond donors (Lipinski definition) is 1. The maximum Gasteiger partial charge on any atom is 0.266 e. The Morgan fingerprint density at radius 3 is 2.34 bits per heavy atom. The molecular formula is C25H19FI2N2O2. The lowest BCUT2D eigenvalue weighted by Gasteiger charge is -2.12. The average molecular weight is 652 g/mol. The minimum Gasteiger partial charge on any atom is -0.487 e. The van der Waals surface area contributed by atoms with Gasteiger partial charge in [-0.1, -0.05) is 29.8 Å². The Hall–Kier alpha value is -2.45. The van der Waals surface area contributed by atoms with Crippen molar-refractivity contribution in [2.75, 3.05) is 5.32 Å². The van der Waals surface area contributed by atoms with Gasteiger partial charge in [0.15, 0.2) is 0 Å². The Bertz CT molecular complexity index is 1210. The van der Waals surface area contributed by atoms with Gasteiger partial charge in [0.25, 0.3) is 5.91 Å². The van der Waals surface area contributed by atoms with Gasteiger partial charge in [-0.15, -0.1) is 0 Å². The molecule has 1 N–H and O–H groups in total. The third kappa shape index (κ3) is 6.29. The topological polar surface area (TPSA) is 62.1 Å². The van der Waals surface area contributed by atoms with Crippen molar-refractivity contribution in [3.05, 3.63) is 95.4 Å². The maximum absolute atomic E-state index is 13.1. The highest BCUT2D eigenvalue weighted by molar-refractivity contribution is 14.1. The number of halogens is 3. The Kier molecular flexibility index (Phi) is 8.26. The van der Waals surface area contributed by atoms with Crippen LogP contribution in [0.2, 0.25) is 0 Å². The smallest absolute Gasteiger partial charge is 0.266 e. The number of ether oxygens (including phenoxy) is 1. The molecule has 0 radical (unpaired) electrons. The molecule has 0 saturated heterocycles. The van der Waals surface area contributed by atoms with Gasteiger partial charge in [0.2, 0.25) is 0 Å². The first-order valence-electron chi connectivity index (χ1n) is 9.63. The van der Waals surface area contributed by atoms with Crippen LogP contribution >= 0.6 is 45.2 Å². The lowest BCUT2D eigenvalue weighted by atomic mass is 10.1. The average Bonchev–Trinajstić information content (AvgIpc) is 2.74. The number of hydrogen-bond acceptors (Lipinski definition) is 3. The number of nitrogens with one attached hydrogen (secondary N) is 1. The van der Waals surface area contributed by atoms with Crippen LogP contribution < -0.4 is 10.1 Å². The zero-order valence-electron chi connectivity index (χ0n) is 17.4. The van der Waals surface area contributed by atoms with Gasteiger partial charge in [-0.3, -0.25) is 4.79 Å². The first-order chi connectivity index (χ1) is 15.3. The van der Waals surface area contributed by atoms with Crippen molar-refractivity contribution in [1.29, 1.82) is 5.26 Å². The highest BCUT2D eigenvalue weighted by Gasteiger charge is 2.13. The Balaban J connectivity index is 1.77. The second-order valence-corrected chi connectivity index (χ2v) is 9.50. The van der Waals surface area contributed by atoms with E-state index in [2.05, 4.69) is 50.5 Å². The van der Waals surface area contributed by atoms with Crippen LogP contribution in [0.15, 0.2) is 60.2 Å². The first kappa shape index (κ1) is 24.2. The molecule has 0 spiro atoms. The van der Waals surface area contributed by atoms with Crippen LogP contribution in [0.25, 0.3) is 6.08 Å². The summed E-state index contributed by atoms with van der Waals surface area (Å²) >= 11 is 4.32. The van der Waals surface area contributed by atoms with Gasteiger partial charge in [-0.2, -0.15) is 5.26 Å². The van der Waals surface area contributed by atoms with Crippen LogP contribution in [0.5, 0.6) is 5.75 Å². The van der Waals surface area contributed by atoms with Crippen molar-refractivity contribution in [3.8, 4) is 11.8 Å². The zero-order valence-corrected chi connectivity index (χ0v) is 21.7. The van der Waals surface area contributed by atoms with Gasteiger partial charge in [0.05, 0.1) is 7.14 Å². The van der Waals surface area contributed by atoms with E-state index >= 15 is 0 Å². The fourth-order valence-corrected chi connectivity index (χ4v) is 5.12. The summed E-state index contributed by atoms with van der Waals surface area (Å²) in [6.45, 7) is 4.20. The summed E-state index contributed by atoms with van der Waals surface area (Å²) in [7, 11) is 0. The van der Waals surface area contributed by atoms with Gasteiger partial charge in [-0.25, -0.2) is 4.39 Å². The fourth-order valence-electron chi connectivity index (χ4n) is 3.00. The standard InChI is InChI=1S/C25H19FI2N2O2/c1-15-3-8-23(16(2)9-15)30-25(31)19(13-29)10-18-11-21(27)24(22(28)12-18)32-14-17-4-6-20(26)7-5-17/h3-12H,14H2,1-2H3,(H,30,31)/b19-10+. The number of benzene rings is 3. The summed E-state index contributed by atoms with van der Waals surface area (Å²) in [5.74, 6) is -0.0454. The van der Waals surface area contributed by atoms with E-state index in [1.807, 2.05) is 50.2 Å². The number of nitriles is 1. The largest absolute Gasteiger partial charge is 0.487 e. The summed E-state index contributed by atoms with van der Waals surface area (Å²) in [4.78, 5) is 12.6. The number of carbonyl (C=O) groups excluding carboxylic acids is 1. The molecule has 4 nitrogen and oxygen atoms in total. The molecule has 162 valence electrons. The fraction of sp³-hybridized carbons (Fsp3) is 0.120. The summed E-state index contributed by atoms with van der Waals surface area (Å²) in [6, 6.07) is 17.6. The van der Waals surface area contributed by atoms with Crippen molar-refractivity contribution < 1.29 is 13.9 Å². The molecule has 0 atom stereocenters. The van der Waals surface area contributed by atoms with E-state index in [0.717, 1.165) is 29.4 Å². The molecule has 0 heterocycles. The molecule has 0 fully saturated rings. The lowest BCUT2D eigenvalue weighted by Crippen LogP contribution is -2.14. The molecular weight excluding hydrogens is 633 g/mol. The second-order valence-electron chi connectivity index (χ2n) is 7.17. The predicted octanol–water partition coefficient (Wildman–Crippen LogP) is 6.78. The van der Waals surface area contributed by atoms with E-state index in [-0.39, 0.29) is 11.4 Å². The lowest BCUT2D eigenvalue weighted by molar-refractivity contribution is -0.112. The van der Waals surface area contributed by atoms with Crippen molar-refractivity contribution in [3.63, 3.8) is 0 Å². The van der Waals surface area contributed by atoms with Gasteiger partial charge in [0.1, 0.15) is 29.8 Å². The maximum atomic E-state index is 13.1. The molecule has 32 heavy (non-hydrogen) atoms. The van der Waals surface area contributed by atoms with Gasteiger partial charge < -0.3 is 10.1 Å². The minimum absolute atomic E-state index is 0.0107. The van der Waals surface area contributed by atoms with Crippen molar-refractivity contribution in [1.82, 2.24) is 0 Å². The SMILES string of the molecule is Cc1ccc(NC(=O)/C(C#N)=C/c2cc(I)c(OCc3ccc(F)cc3)c(I)c2)c(C)c1. The van der Waals surface area contributed by atoms with Crippen LogP contribution in [0.4, 0.5) is 10.1 Å². The molecule has 0 aliphatic heterocycles. The normalized spacial score (nSPS) is 11.1.